The maximum atomic E-state index is 12.6. The first-order chi connectivity index (χ1) is 14.2. The number of ketones is 1. The number of piperidine rings is 1. The number of benzene rings is 1. The third-order valence-corrected chi connectivity index (χ3v) is 5.66. The van der Waals surface area contributed by atoms with Gasteiger partial charge in [0.05, 0.1) is 28.5 Å². The SMILES string of the molecule is O=C1CC(COc2ccccc2Cl)=Nc2c1ccnc2CNCC1CCNCC1. The molecule has 1 aromatic carbocycles. The number of ether oxygens (including phenoxy) is 1. The molecule has 0 aliphatic carbocycles. The molecule has 1 saturated heterocycles. The molecule has 0 bridgehead atoms. The molecule has 7 heteroatoms. The average molecular weight is 413 g/mol. The van der Waals surface area contributed by atoms with E-state index in [0.717, 1.165) is 25.3 Å². The fourth-order valence-electron chi connectivity index (χ4n) is 3.74. The summed E-state index contributed by atoms with van der Waals surface area (Å²) < 4.78 is 5.78. The number of carbonyl (C=O) groups is 1. The molecule has 0 saturated carbocycles. The molecule has 6 nitrogen and oxygen atoms in total. The summed E-state index contributed by atoms with van der Waals surface area (Å²) in [7, 11) is 0. The van der Waals surface area contributed by atoms with Crippen molar-refractivity contribution in [3.63, 3.8) is 0 Å². The van der Waals surface area contributed by atoms with Crippen LogP contribution < -0.4 is 15.4 Å². The summed E-state index contributed by atoms with van der Waals surface area (Å²) in [5.74, 6) is 1.32. The van der Waals surface area contributed by atoms with E-state index in [4.69, 9.17) is 21.3 Å². The molecule has 0 amide bonds. The fraction of sp³-hybridized carbons (Fsp3) is 0.409. The molecule has 2 aliphatic heterocycles. The molecule has 0 atom stereocenters. The quantitative estimate of drug-likeness (QED) is 0.727. The van der Waals surface area contributed by atoms with Gasteiger partial charge in [0, 0.05) is 18.3 Å². The number of Topliss-reactive ketones (excluding diaryl/α,β-unsaturated/α-hetero) is 1. The number of pyridine rings is 1. The molecule has 152 valence electrons. The third kappa shape index (κ3) is 5.01. The monoisotopic (exact) mass is 412 g/mol. The standard InChI is InChI=1S/C22H25ClN4O2/c23-18-3-1-2-4-21(18)29-14-16-11-20(28)17-7-10-26-19(22(17)27-16)13-25-12-15-5-8-24-9-6-15/h1-4,7,10,15,24-25H,5-6,8-9,11-14H2. The predicted molar refractivity (Wildman–Crippen MR) is 115 cm³/mol. The van der Waals surface area contributed by atoms with Gasteiger partial charge >= 0.3 is 0 Å². The van der Waals surface area contributed by atoms with E-state index in [2.05, 4.69) is 15.6 Å². The summed E-state index contributed by atoms with van der Waals surface area (Å²) in [6.07, 6.45) is 4.32. The van der Waals surface area contributed by atoms with Crippen molar-refractivity contribution in [2.75, 3.05) is 26.2 Å². The molecular formula is C22H25ClN4O2. The van der Waals surface area contributed by atoms with Gasteiger partial charge in [-0.1, -0.05) is 23.7 Å². The van der Waals surface area contributed by atoms with Crippen molar-refractivity contribution in [3.8, 4) is 5.75 Å². The van der Waals surface area contributed by atoms with Crippen LogP contribution in [-0.4, -0.2) is 42.7 Å². The molecule has 2 aromatic rings. The van der Waals surface area contributed by atoms with Crippen molar-refractivity contribution >= 4 is 28.8 Å². The Hall–Kier alpha value is -2.28. The van der Waals surface area contributed by atoms with E-state index >= 15 is 0 Å². The van der Waals surface area contributed by atoms with Crippen LogP contribution in [0.3, 0.4) is 0 Å². The number of aliphatic imine (C=N–C) groups is 1. The van der Waals surface area contributed by atoms with Crippen LogP contribution >= 0.6 is 11.6 Å². The highest BCUT2D eigenvalue weighted by Gasteiger charge is 2.23. The second-order valence-corrected chi connectivity index (χ2v) is 7.88. The average Bonchev–Trinajstić information content (AvgIpc) is 2.74. The van der Waals surface area contributed by atoms with Gasteiger partial charge in [0.1, 0.15) is 12.4 Å². The number of nitrogens with zero attached hydrogens (tertiary/aromatic N) is 2. The lowest BCUT2D eigenvalue weighted by molar-refractivity contribution is 0.0998. The third-order valence-electron chi connectivity index (χ3n) is 5.35. The summed E-state index contributed by atoms with van der Waals surface area (Å²) in [4.78, 5) is 21.8. The van der Waals surface area contributed by atoms with Crippen LogP contribution in [0.1, 0.15) is 35.3 Å². The smallest absolute Gasteiger partial charge is 0.170 e. The predicted octanol–water partition coefficient (Wildman–Crippen LogP) is 3.56. The van der Waals surface area contributed by atoms with Crippen molar-refractivity contribution in [3.05, 3.63) is 52.8 Å². The number of rotatable bonds is 7. The highest BCUT2D eigenvalue weighted by molar-refractivity contribution is 6.32. The minimum atomic E-state index is 0.0507. The Labute approximate surface area is 175 Å². The lowest BCUT2D eigenvalue weighted by atomic mass is 9.98. The van der Waals surface area contributed by atoms with Crippen molar-refractivity contribution in [2.24, 2.45) is 10.9 Å². The lowest BCUT2D eigenvalue weighted by Crippen LogP contribution is -2.33. The second kappa shape index (κ2) is 9.48. The van der Waals surface area contributed by atoms with Crippen LogP contribution in [-0.2, 0) is 6.54 Å². The number of aromatic nitrogens is 1. The van der Waals surface area contributed by atoms with Gasteiger partial charge in [0.15, 0.2) is 5.78 Å². The molecule has 3 heterocycles. The summed E-state index contributed by atoms with van der Waals surface area (Å²) in [5, 5.41) is 7.42. The van der Waals surface area contributed by atoms with E-state index < -0.39 is 0 Å². The Balaban J connectivity index is 1.44. The molecule has 1 fully saturated rings. The number of hydrogen-bond acceptors (Lipinski definition) is 6. The fourth-order valence-corrected chi connectivity index (χ4v) is 3.93. The second-order valence-electron chi connectivity index (χ2n) is 7.48. The van der Waals surface area contributed by atoms with E-state index in [1.54, 1.807) is 24.4 Å². The van der Waals surface area contributed by atoms with E-state index in [-0.39, 0.29) is 18.8 Å². The highest BCUT2D eigenvalue weighted by atomic mass is 35.5. The van der Waals surface area contributed by atoms with Crippen LogP contribution in [0.25, 0.3) is 0 Å². The number of para-hydroxylation sites is 1. The maximum absolute atomic E-state index is 12.6. The van der Waals surface area contributed by atoms with Crippen LogP contribution in [0.4, 0.5) is 5.69 Å². The Morgan fingerprint density at radius 1 is 1.21 bits per heavy atom. The van der Waals surface area contributed by atoms with Gasteiger partial charge in [-0.25, -0.2) is 0 Å². The Morgan fingerprint density at radius 3 is 2.86 bits per heavy atom. The Morgan fingerprint density at radius 2 is 2.03 bits per heavy atom. The molecule has 0 unspecified atom stereocenters. The van der Waals surface area contributed by atoms with Gasteiger partial charge in [0.25, 0.3) is 0 Å². The van der Waals surface area contributed by atoms with Gasteiger partial charge in [-0.05, 0) is 56.6 Å². The number of fused-ring (bicyclic) bond motifs is 1. The summed E-state index contributed by atoms with van der Waals surface area (Å²) in [6.45, 7) is 3.94. The zero-order valence-corrected chi connectivity index (χ0v) is 17.0. The van der Waals surface area contributed by atoms with Crippen molar-refractivity contribution in [1.29, 1.82) is 0 Å². The Kier molecular flexibility index (Phi) is 6.54. The topological polar surface area (TPSA) is 75.6 Å². The van der Waals surface area contributed by atoms with Crippen LogP contribution in [0.5, 0.6) is 5.75 Å². The van der Waals surface area contributed by atoms with Gasteiger partial charge in [-0.2, -0.15) is 0 Å². The summed E-state index contributed by atoms with van der Waals surface area (Å²) in [5.41, 5.74) is 2.80. The zero-order valence-electron chi connectivity index (χ0n) is 16.3. The van der Waals surface area contributed by atoms with Gasteiger partial charge in [-0.3, -0.25) is 14.8 Å². The lowest BCUT2D eigenvalue weighted by Gasteiger charge is -2.23. The first kappa shape index (κ1) is 20.0. The number of hydrogen-bond donors (Lipinski definition) is 2. The molecule has 4 rings (SSSR count). The number of halogens is 1. The van der Waals surface area contributed by atoms with Crippen molar-refractivity contribution < 1.29 is 9.53 Å². The normalized spacial score (nSPS) is 17.0. The molecule has 2 aliphatic rings. The molecular weight excluding hydrogens is 388 g/mol. The van der Waals surface area contributed by atoms with Crippen LogP contribution in [0.15, 0.2) is 41.5 Å². The highest BCUT2D eigenvalue weighted by Crippen LogP contribution is 2.29. The first-order valence-corrected chi connectivity index (χ1v) is 10.4. The van der Waals surface area contributed by atoms with Crippen LogP contribution in [0.2, 0.25) is 5.02 Å². The van der Waals surface area contributed by atoms with E-state index in [0.29, 0.717) is 40.2 Å². The summed E-state index contributed by atoms with van der Waals surface area (Å²) >= 11 is 6.14. The van der Waals surface area contributed by atoms with Crippen LogP contribution in [0, 0.1) is 5.92 Å². The number of carbonyl (C=O) groups excluding carboxylic acids is 1. The maximum Gasteiger partial charge on any atom is 0.170 e. The summed E-state index contributed by atoms with van der Waals surface area (Å²) in [6, 6.07) is 9.04. The largest absolute Gasteiger partial charge is 0.486 e. The van der Waals surface area contributed by atoms with Gasteiger partial charge < -0.3 is 15.4 Å². The van der Waals surface area contributed by atoms with Gasteiger partial charge in [-0.15, -0.1) is 0 Å². The van der Waals surface area contributed by atoms with E-state index in [9.17, 15) is 4.79 Å². The van der Waals surface area contributed by atoms with E-state index in [1.165, 1.54) is 12.8 Å². The molecule has 29 heavy (non-hydrogen) atoms. The Bertz CT molecular complexity index is 909. The molecule has 0 radical (unpaired) electrons. The minimum absolute atomic E-state index is 0.0507. The molecule has 1 aromatic heterocycles. The number of nitrogens with one attached hydrogen (secondary N) is 2. The molecule has 2 N–H and O–H groups in total. The minimum Gasteiger partial charge on any atom is -0.486 e. The van der Waals surface area contributed by atoms with Crippen molar-refractivity contribution in [1.82, 2.24) is 15.6 Å². The molecule has 0 spiro atoms. The van der Waals surface area contributed by atoms with E-state index in [1.807, 2.05) is 12.1 Å². The first-order valence-electron chi connectivity index (χ1n) is 10.1. The van der Waals surface area contributed by atoms with Crippen molar-refractivity contribution in [2.45, 2.75) is 25.8 Å². The zero-order chi connectivity index (χ0) is 20.1. The van der Waals surface area contributed by atoms with Gasteiger partial charge in [0.2, 0.25) is 0 Å².